The van der Waals surface area contributed by atoms with E-state index in [0.717, 1.165) is 12.0 Å². The molecule has 0 saturated carbocycles. The number of Topliss-reactive ketones (excluding diaryl/α,β-unsaturated/α-hetero) is 1. The molecule has 0 radical (unpaired) electrons. The van der Waals surface area contributed by atoms with Crippen molar-refractivity contribution in [3.05, 3.63) is 101 Å². The van der Waals surface area contributed by atoms with Gasteiger partial charge in [0.05, 0.1) is 0 Å². The molecule has 0 aromatic heterocycles. The standard InChI is InChI=1S/C30H30FN3O5/c31-25-7-3-1-5-22(25)6-2-4-8-27(37)33-24-17-13-21(14-18-24)10-9-20-11-15-23(16-12-20)30(39)34-28(29(32)38)26(36)19-35/h1,3,5,7,11-18,28-29,35,38H,2,4,6,8,19,32H2,(H,33,37)(H,34,39)/t28-,29+/m1/s1. The monoisotopic (exact) mass is 531 g/mol. The van der Waals surface area contributed by atoms with Crippen molar-refractivity contribution in [1.29, 1.82) is 0 Å². The van der Waals surface area contributed by atoms with Crippen LogP contribution in [0.4, 0.5) is 10.1 Å². The molecule has 0 saturated heterocycles. The van der Waals surface area contributed by atoms with Crippen LogP contribution in [0.25, 0.3) is 0 Å². The third kappa shape index (κ3) is 9.16. The molecule has 9 heteroatoms. The summed E-state index contributed by atoms with van der Waals surface area (Å²) in [5, 5.41) is 23.6. The highest BCUT2D eigenvalue weighted by Crippen LogP contribution is 2.13. The number of unbranched alkanes of at least 4 members (excludes halogenated alkanes) is 1. The number of benzene rings is 3. The predicted molar refractivity (Wildman–Crippen MR) is 145 cm³/mol. The number of nitrogens with one attached hydrogen (secondary N) is 2. The van der Waals surface area contributed by atoms with Gasteiger partial charge in [-0.05, 0) is 79.4 Å². The maximum absolute atomic E-state index is 13.7. The normalized spacial score (nSPS) is 12.0. The average molecular weight is 532 g/mol. The summed E-state index contributed by atoms with van der Waals surface area (Å²) in [6, 6.07) is 18.6. The van der Waals surface area contributed by atoms with Gasteiger partial charge >= 0.3 is 0 Å². The topological polar surface area (TPSA) is 142 Å². The van der Waals surface area contributed by atoms with Crippen molar-refractivity contribution in [2.24, 2.45) is 5.73 Å². The molecule has 0 fully saturated rings. The van der Waals surface area contributed by atoms with Crippen LogP contribution in [0.5, 0.6) is 0 Å². The molecule has 2 atom stereocenters. The molecule has 39 heavy (non-hydrogen) atoms. The lowest BCUT2D eigenvalue weighted by atomic mass is 10.1. The summed E-state index contributed by atoms with van der Waals surface area (Å²) < 4.78 is 13.7. The Morgan fingerprint density at radius 1 is 0.897 bits per heavy atom. The fourth-order valence-corrected chi connectivity index (χ4v) is 3.69. The number of rotatable bonds is 11. The number of ketones is 1. The molecule has 2 amide bonds. The molecule has 0 aliphatic heterocycles. The molecular formula is C30H30FN3O5. The number of halogens is 1. The highest BCUT2D eigenvalue weighted by molar-refractivity contribution is 5.98. The van der Waals surface area contributed by atoms with Crippen molar-refractivity contribution in [3.8, 4) is 11.8 Å². The molecule has 8 nitrogen and oxygen atoms in total. The number of nitrogens with two attached hydrogens (primary N) is 1. The van der Waals surface area contributed by atoms with Gasteiger partial charge < -0.3 is 26.6 Å². The molecule has 3 rings (SSSR count). The smallest absolute Gasteiger partial charge is 0.251 e. The quantitative estimate of drug-likeness (QED) is 0.146. The van der Waals surface area contributed by atoms with Gasteiger partial charge in [-0.25, -0.2) is 4.39 Å². The van der Waals surface area contributed by atoms with E-state index in [4.69, 9.17) is 10.8 Å². The maximum atomic E-state index is 13.7. The fraction of sp³-hybridized carbons (Fsp3) is 0.233. The van der Waals surface area contributed by atoms with Gasteiger partial charge in [-0.3, -0.25) is 14.4 Å². The molecule has 6 N–H and O–H groups in total. The van der Waals surface area contributed by atoms with Gasteiger partial charge in [0.25, 0.3) is 5.91 Å². The van der Waals surface area contributed by atoms with Crippen LogP contribution in [0, 0.1) is 17.7 Å². The van der Waals surface area contributed by atoms with E-state index in [1.165, 1.54) is 18.2 Å². The average Bonchev–Trinajstić information content (AvgIpc) is 2.94. The second kappa shape index (κ2) is 14.5. The van der Waals surface area contributed by atoms with Crippen LogP contribution in [0.3, 0.4) is 0 Å². The molecule has 3 aromatic carbocycles. The minimum atomic E-state index is -1.64. The van der Waals surface area contributed by atoms with Crippen molar-refractivity contribution in [3.63, 3.8) is 0 Å². The molecule has 0 aliphatic carbocycles. The highest BCUT2D eigenvalue weighted by atomic mass is 19.1. The van der Waals surface area contributed by atoms with Crippen molar-refractivity contribution in [2.75, 3.05) is 11.9 Å². The van der Waals surface area contributed by atoms with Gasteiger partial charge in [-0.2, -0.15) is 0 Å². The predicted octanol–water partition coefficient (Wildman–Crippen LogP) is 2.51. The number of aliphatic hydroxyl groups excluding tert-OH is 2. The Balaban J connectivity index is 1.47. The molecule has 0 unspecified atom stereocenters. The zero-order chi connectivity index (χ0) is 28.2. The van der Waals surface area contributed by atoms with E-state index in [-0.39, 0.29) is 17.3 Å². The van der Waals surface area contributed by atoms with Crippen molar-refractivity contribution < 1.29 is 29.0 Å². The second-order valence-electron chi connectivity index (χ2n) is 8.82. The Labute approximate surface area is 226 Å². The van der Waals surface area contributed by atoms with Crippen LogP contribution in [0.15, 0.2) is 72.8 Å². The van der Waals surface area contributed by atoms with Crippen molar-refractivity contribution >= 4 is 23.3 Å². The SMILES string of the molecule is N[C@@H](O)[C@H](NC(=O)c1ccc(C#Cc2ccc(NC(=O)CCCCc3ccccc3F)cc2)cc1)C(=O)CO. The first-order chi connectivity index (χ1) is 18.8. The molecule has 0 heterocycles. The Morgan fingerprint density at radius 2 is 1.51 bits per heavy atom. The number of amides is 2. The van der Waals surface area contributed by atoms with Crippen LogP contribution in [0.1, 0.15) is 46.3 Å². The van der Waals surface area contributed by atoms with Crippen LogP contribution in [-0.4, -0.2) is 46.7 Å². The van der Waals surface area contributed by atoms with Crippen LogP contribution in [0.2, 0.25) is 0 Å². The number of aliphatic hydroxyl groups is 2. The summed E-state index contributed by atoms with van der Waals surface area (Å²) in [4.78, 5) is 36.2. The molecular weight excluding hydrogens is 501 g/mol. The molecule has 202 valence electrons. The minimum absolute atomic E-state index is 0.112. The first-order valence-corrected chi connectivity index (χ1v) is 12.4. The summed E-state index contributed by atoms with van der Waals surface area (Å²) in [7, 11) is 0. The fourth-order valence-electron chi connectivity index (χ4n) is 3.69. The highest BCUT2D eigenvalue weighted by Gasteiger charge is 2.25. The van der Waals surface area contributed by atoms with Crippen molar-refractivity contribution in [1.82, 2.24) is 5.32 Å². The zero-order valence-electron chi connectivity index (χ0n) is 21.2. The Hall–Kier alpha value is -4.36. The van der Waals surface area contributed by atoms with E-state index < -0.39 is 30.6 Å². The first-order valence-electron chi connectivity index (χ1n) is 12.4. The number of hydrogen-bond donors (Lipinski definition) is 5. The van der Waals surface area contributed by atoms with E-state index in [1.54, 1.807) is 54.6 Å². The second-order valence-corrected chi connectivity index (χ2v) is 8.82. The summed E-state index contributed by atoms with van der Waals surface area (Å²) in [5.74, 6) is 4.22. The van der Waals surface area contributed by atoms with E-state index in [0.29, 0.717) is 36.1 Å². The van der Waals surface area contributed by atoms with Gasteiger partial charge in [-0.1, -0.05) is 30.0 Å². The Kier molecular flexibility index (Phi) is 10.9. The van der Waals surface area contributed by atoms with E-state index >= 15 is 0 Å². The minimum Gasteiger partial charge on any atom is -0.388 e. The van der Waals surface area contributed by atoms with Gasteiger partial charge in [-0.15, -0.1) is 0 Å². The van der Waals surface area contributed by atoms with Crippen LogP contribution < -0.4 is 16.4 Å². The largest absolute Gasteiger partial charge is 0.388 e. The van der Waals surface area contributed by atoms with Crippen LogP contribution >= 0.6 is 0 Å². The summed E-state index contributed by atoms with van der Waals surface area (Å²) >= 11 is 0. The third-order valence-corrected chi connectivity index (χ3v) is 5.86. The lowest BCUT2D eigenvalue weighted by Crippen LogP contribution is -2.53. The third-order valence-electron chi connectivity index (χ3n) is 5.86. The number of aryl methyl sites for hydroxylation is 1. The Morgan fingerprint density at radius 3 is 2.10 bits per heavy atom. The van der Waals surface area contributed by atoms with E-state index in [1.807, 2.05) is 0 Å². The van der Waals surface area contributed by atoms with Gasteiger partial charge in [0.15, 0.2) is 5.78 Å². The number of carbonyl (C=O) groups is 3. The Bertz CT molecular complexity index is 1350. The molecule has 0 spiro atoms. The number of anilines is 1. The lowest BCUT2D eigenvalue weighted by molar-refractivity contribution is -0.126. The van der Waals surface area contributed by atoms with E-state index in [2.05, 4.69) is 22.5 Å². The summed E-state index contributed by atoms with van der Waals surface area (Å²) in [6.45, 7) is -0.862. The summed E-state index contributed by atoms with van der Waals surface area (Å²) in [6.07, 6.45) is 0.661. The van der Waals surface area contributed by atoms with Crippen LogP contribution in [-0.2, 0) is 16.0 Å². The molecule has 0 bridgehead atoms. The van der Waals surface area contributed by atoms with Crippen molar-refractivity contribution in [2.45, 2.75) is 38.0 Å². The lowest BCUT2D eigenvalue weighted by Gasteiger charge is -2.19. The maximum Gasteiger partial charge on any atom is 0.251 e. The summed E-state index contributed by atoms with van der Waals surface area (Å²) in [5.41, 5.74) is 8.19. The van der Waals surface area contributed by atoms with E-state index in [9.17, 15) is 23.9 Å². The number of hydrogen-bond acceptors (Lipinski definition) is 6. The van der Waals surface area contributed by atoms with Gasteiger partial charge in [0, 0.05) is 28.8 Å². The van der Waals surface area contributed by atoms with Gasteiger partial charge in [0.2, 0.25) is 5.91 Å². The molecule has 3 aromatic rings. The first kappa shape index (κ1) is 29.2. The number of carbonyl (C=O) groups excluding carboxylic acids is 3. The molecule has 0 aliphatic rings. The zero-order valence-corrected chi connectivity index (χ0v) is 21.2. The van der Waals surface area contributed by atoms with Gasteiger partial charge in [0.1, 0.15) is 24.7 Å².